The van der Waals surface area contributed by atoms with Gasteiger partial charge in [0.1, 0.15) is 5.69 Å². The van der Waals surface area contributed by atoms with Gasteiger partial charge < -0.3 is 10.2 Å². The summed E-state index contributed by atoms with van der Waals surface area (Å²) in [5.41, 5.74) is 2.40. The lowest BCUT2D eigenvalue weighted by Crippen LogP contribution is -2.44. The van der Waals surface area contributed by atoms with Crippen LogP contribution in [0.3, 0.4) is 0 Å². The van der Waals surface area contributed by atoms with E-state index in [1.54, 1.807) is 22.9 Å². The van der Waals surface area contributed by atoms with Gasteiger partial charge in [0.2, 0.25) is 0 Å². The molecule has 0 spiro atoms. The topological polar surface area (TPSA) is 84.3 Å². The van der Waals surface area contributed by atoms with Crippen molar-refractivity contribution in [2.45, 2.75) is 30.7 Å². The van der Waals surface area contributed by atoms with Crippen LogP contribution in [0.5, 0.6) is 0 Å². The molecule has 0 bridgehead atoms. The molecule has 0 radical (unpaired) electrons. The van der Waals surface area contributed by atoms with E-state index in [0.717, 1.165) is 37.3 Å². The number of sulfone groups is 1. The van der Waals surface area contributed by atoms with Crippen LogP contribution in [0.25, 0.3) is 0 Å². The Kier molecular flexibility index (Phi) is 5.04. The van der Waals surface area contributed by atoms with Crippen LogP contribution in [0, 0.1) is 6.92 Å². The van der Waals surface area contributed by atoms with Crippen LogP contribution < -0.4 is 10.2 Å². The number of nitrogens with zero attached hydrogens (tertiary/aromatic N) is 3. The molecule has 1 aromatic carbocycles. The number of carbonyl (C=O) groups is 1. The maximum Gasteiger partial charge on any atom is 0.272 e. The molecule has 0 atom stereocenters. The van der Waals surface area contributed by atoms with Crippen molar-refractivity contribution in [3.63, 3.8) is 0 Å². The molecular weight excluding hydrogens is 352 g/mol. The number of hydrogen-bond acceptors (Lipinski definition) is 5. The molecule has 1 N–H and O–H groups in total. The van der Waals surface area contributed by atoms with E-state index < -0.39 is 9.84 Å². The van der Waals surface area contributed by atoms with Gasteiger partial charge in [0.05, 0.1) is 4.90 Å². The molecule has 3 rings (SSSR count). The Bertz CT molecular complexity index is 876. The van der Waals surface area contributed by atoms with E-state index in [-0.39, 0.29) is 11.9 Å². The summed E-state index contributed by atoms with van der Waals surface area (Å²) in [6.45, 7) is 3.53. The van der Waals surface area contributed by atoms with Gasteiger partial charge in [-0.15, -0.1) is 0 Å². The van der Waals surface area contributed by atoms with Crippen molar-refractivity contribution in [2.75, 3.05) is 24.2 Å². The molecule has 1 fully saturated rings. The van der Waals surface area contributed by atoms with E-state index in [1.165, 1.54) is 6.26 Å². The summed E-state index contributed by atoms with van der Waals surface area (Å²) >= 11 is 0. The van der Waals surface area contributed by atoms with Crippen molar-refractivity contribution in [1.82, 2.24) is 15.1 Å². The van der Waals surface area contributed by atoms with Crippen LogP contribution in [0.1, 0.15) is 29.0 Å². The fraction of sp³-hybridized carbons (Fsp3) is 0.444. The lowest BCUT2D eigenvalue weighted by atomic mass is 10.0. The molecule has 26 heavy (non-hydrogen) atoms. The van der Waals surface area contributed by atoms with Crippen LogP contribution in [-0.4, -0.2) is 49.5 Å². The maximum absolute atomic E-state index is 12.3. The molecule has 140 valence electrons. The lowest BCUT2D eigenvalue weighted by Gasteiger charge is -2.34. The number of piperidine rings is 1. The number of hydrogen-bond donors (Lipinski definition) is 1. The summed E-state index contributed by atoms with van der Waals surface area (Å²) in [5.74, 6) is -0.135. The molecule has 1 saturated heterocycles. The average Bonchev–Trinajstić information content (AvgIpc) is 2.94. The van der Waals surface area contributed by atoms with Gasteiger partial charge in [0.25, 0.3) is 5.91 Å². The van der Waals surface area contributed by atoms with Crippen molar-refractivity contribution in [2.24, 2.45) is 7.05 Å². The van der Waals surface area contributed by atoms with Crippen molar-refractivity contribution < 1.29 is 13.2 Å². The first-order valence-electron chi connectivity index (χ1n) is 8.60. The first-order valence-corrected chi connectivity index (χ1v) is 10.5. The molecular formula is C18H24N4O3S. The number of nitrogens with one attached hydrogen (secondary N) is 1. The first kappa shape index (κ1) is 18.4. The molecule has 1 aliphatic heterocycles. The molecule has 0 unspecified atom stereocenters. The molecule has 8 heteroatoms. The summed E-state index contributed by atoms with van der Waals surface area (Å²) in [6.07, 6.45) is 2.88. The average molecular weight is 376 g/mol. The third-order valence-electron chi connectivity index (χ3n) is 4.81. The highest BCUT2D eigenvalue weighted by Gasteiger charge is 2.22. The fourth-order valence-electron chi connectivity index (χ4n) is 3.12. The van der Waals surface area contributed by atoms with E-state index >= 15 is 0 Å². The van der Waals surface area contributed by atoms with Crippen LogP contribution >= 0.6 is 0 Å². The van der Waals surface area contributed by atoms with Crippen molar-refractivity contribution >= 4 is 21.4 Å². The van der Waals surface area contributed by atoms with Gasteiger partial charge in [-0.3, -0.25) is 9.48 Å². The van der Waals surface area contributed by atoms with Crippen LogP contribution in [-0.2, 0) is 16.9 Å². The molecule has 1 aromatic heterocycles. The zero-order chi connectivity index (χ0) is 18.9. The molecule has 2 aromatic rings. The first-order chi connectivity index (χ1) is 12.2. The molecule has 0 saturated carbocycles. The molecule has 7 nitrogen and oxygen atoms in total. The highest BCUT2D eigenvalue weighted by Crippen LogP contribution is 2.22. The monoisotopic (exact) mass is 376 g/mol. The smallest absolute Gasteiger partial charge is 0.272 e. The summed E-state index contributed by atoms with van der Waals surface area (Å²) in [4.78, 5) is 14.8. The molecule has 1 amide bonds. The molecule has 2 heterocycles. The molecule has 0 aliphatic carbocycles. The van der Waals surface area contributed by atoms with Crippen LogP contribution in [0.15, 0.2) is 35.2 Å². The SMILES string of the molecule is Cc1cc(C(=O)NC2CCN(c3ccc(S(C)(=O)=O)cc3)CC2)nn1C. The Morgan fingerprint density at radius 1 is 1.19 bits per heavy atom. The largest absolute Gasteiger partial charge is 0.371 e. The van der Waals surface area contributed by atoms with Crippen LogP contribution in [0.4, 0.5) is 5.69 Å². The predicted octanol–water partition coefficient (Wildman–Crippen LogP) is 1.53. The van der Waals surface area contributed by atoms with Gasteiger partial charge in [-0.05, 0) is 50.1 Å². The number of amides is 1. The highest BCUT2D eigenvalue weighted by atomic mass is 32.2. The van der Waals surface area contributed by atoms with Crippen molar-refractivity contribution in [3.8, 4) is 0 Å². The quantitative estimate of drug-likeness (QED) is 0.875. The second-order valence-corrected chi connectivity index (χ2v) is 8.81. The van der Waals surface area contributed by atoms with Gasteiger partial charge in [0.15, 0.2) is 9.84 Å². The van der Waals surface area contributed by atoms with E-state index in [1.807, 2.05) is 26.1 Å². The Hall–Kier alpha value is -2.35. The fourth-order valence-corrected chi connectivity index (χ4v) is 3.75. The number of aryl methyl sites for hydroxylation is 2. The number of benzene rings is 1. The van der Waals surface area contributed by atoms with Gasteiger partial charge in [-0.1, -0.05) is 0 Å². The third-order valence-corrected chi connectivity index (χ3v) is 5.94. The maximum atomic E-state index is 12.3. The number of anilines is 1. The standard InChI is InChI=1S/C18H24N4O3S/c1-13-12-17(20-21(13)2)18(23)19-14-8-10-22(11-9-14)15-4-6-16(7-5-15)26(3,24)25/h4-7,12,14H,8-11H2,1-3H3,(H,19,23). The minimum atomic E-state index is -3.17. The third kappa shape index (κ3) is 4.07. The van der Waals surface area contributed by atoms with E-state index in [0.29, 0.717) is 10.6 Å². The zero-order valence-electron chi connectivity index (χ0n) is 15.3. The number of carbonyl (C=O) groups excluding carboxylic acids is 1. The van der Waals surface area contributed by atoms with E-state index in [9.17, 15) is 13.2 Å². The van der Waals surface area contributed by atoms with Crippen molar-refractivity contribution in [1.29, 1.82) is 0 Å². The summed E-state index contributed by atoms with van der Waals surface area (Å²) in [7, 11) is -1.35. The minimum absolute atomic E-state index is 0.122. The number of aromatic nitrogens is 2. The van der Waals surface area contributed by atoms with E-state index in [2.05, 4.69) is 15.3 Å². The molecule has 1 aliphatic rings. The van der Waals surface area contributed by atoms with Gasteiger partial charge in [0, 0.05) is 43.8 Å². The second-order valence-electron chi connectivity index (χ2n) is 6.80. The minimum Gasteiger partial charge on any atom is -0.371 e. The Balaban J connectivity index is 1.56. The Morgan fingerprint density at radius 3 is 2.31 bits per heavy atom. The Morgan fingerprint density at radius 2 is 1.81 bits per heavy atom. The summed E-state index contributed by atoms with van der Waals surface area (Å²) in [5, 5.41) is 7.27. The second kappa shape index (κ2) is 7.11. The van der Waals surface area contributed by atoms with Gasteiger partial charge in [-0.25, -0.2) is 8.42 Å². The lowest BCUT2D eigenvalue weighted by molar-refractivity contribution is 0.0925. The van der Waals surface area contributed by atoms with Gasteiger partial charge in [-0.2, -0.15) is 5.10 Å². The zero-order valence-corrected chi connectivity index (χ0v) is 16.1. The normalized spacial score (nSPS) is 15.9. The summed E-state index contributed by atoms with van der Waals surface area (Å²) < 4.78 is 24.8. The van der Waals surface area contributed by atoms with Gasteiger partial charge >= 0.3 is 0 Å². The Labute approximate surface area is 153 Å². The van der Waals surface area contributed by atoms with Crippen molar-refractivity contribution in [3.05, 3.63) is 41.7 Å². The highest BCUT2D eigenvalue weighted by molar-refractivity contribution is 7.90. The number of rotatable bonds is 4. The summed E-state index contributed by atoms with van der Waals surface area (Å²) in [6, 6.07) is 8.87. The van der Waals surface area contributed by atoms with E-state index in [4.69, 9.17) is 0 Å². The predicted molar refractivity (Wildman–Crippen MR) is 100 cm³/mol. The van der Waals surface area contributed by atoms with Crippen LogP contribution in [0.2, 0.25) is 0 Å².